The Hall–Kier alpha value is -2.36. The molecule has 4 nitrogen and oxygen atoms in total. The number of carbonyl (C=O) groups excluding carboxylic acids is 2. The Balaban J connectivity index is 2.77. The summed E-state index contributed by atoms with van der Waals surface area (Å²) in [5, 5.41) is 10.2. The van der Waals surface area contributed by atoms with E-state index < -0.39 is 5.97 Å². The van der Waals surface area contributed by atoms with Crippen LogP contribution in [0.25, 0.3) is 11.1 Å². The Morgan fingerprint density at radius 2 is 2.05 bits per heavy atom. The van der Waals surface area contributed by atoms with Gasteiger partial charge in [0.15, 0.2) is 6.29 Å². The average Bonchev–Trinajstić information content (AvgIpc) is 2.58. The van der Waals surface area contributed by atoms with Crippen molar-refractivity contribution in [2.45, 2.75) is 26.7 Å². The third kappa shape index (κ3) is 2.61. The molecule has 0 heterocycles. The van der Waals surface area contributed by atoms with Crippen LogP contribution in [0.15, 0.2) is 24.3 Å². The molecule has 0 unspecified atom stereocenters. The van der Waals surface area contributed by atoms with Crippen LogP contribution in [-0.4, -0.2) is 24.0 Å². The largest absolute Gasteiger partial charge is 0.506 e. The van der Waals surface area contributed by atoms with Gasteiger partial charge in [-0.15, -0.1) is 0 Å². The Labute approximate surface area is 123 Å². The van der Waals surface area contributed by atoms with Crippen molar-refractivity contribution in [3.05, 3.63) is 41.0 Å². The third-order valence-corrected chi connectivity index (χ3v) is 3.47. The lowest BCUT2D eigenvalue weighted by Gasteiger charge is -2.05. The van der Waals surface area contributed by atoms with Gasteiger partial charge >= 0.3 is 5.97 Å². The van der Waals surface area contributed by atoms with E-state index in [0.717, 1.165) is 5.56 Å². The van der Waals surface area contributed by atoms with Crippen LogP contribution in [0, 0.1) is 0 Å². The highest BCUT2D eigenvalue weighted by atomic mass is 16.5. The fourth-order valence-electron chi connectivity index (χ4n) is 2.36. The maximum absolute atomic E-state index is 12.1. The molecule has 0 bridgehead atoms. The standard InChI is InChI=1S/C17H18O4/c1-4-21-17(20)15-13-8-11(10(2)3)6-5-7-12(13)14(9-18)16(15)19/h5-10,19H,4H2,1-3H3. The molecule has 0 atom stereocenters. The van der Waals surface area contributed by atoms with Gasteiger partial charge in [-0.25, -0.2) is 4.79 Å². The molecule has 110 valence electrons. The van der Waals surface area contributed by atoms with Gasteiger partial charge in [-0.05, 0) is 30.0 Å². The molecule has 0 radical (unpaired) electrons. The molecule has 0 saturated heterocycles. The summed E-state index contributed by atoms with van der Waals surface area (Å²) < 4.78 is 4.99. The van der Waals surface area contributed by atoms with Gasteiger partial charge in [0.25, 0.3) is 0 Å². The number of aromatic hydroxyl groups is 1. The minimum absolute atomic E-state index is 0.0621. The molecule has 21 heavy (non-hydrogen) atoms. The molecule has 2 rings (SSSR count). The number of hydrogen-bond donors (Lipinski definition) is 1. The van der Waals surface area contributed by atoms with E-state index >= 15 is 0 Å². The van der Waals surface area contributed by atoms with Gasteiger partial charge in [0.05, 0.1) is 12.2 Å². The van der Waals surface area contributed by atoms with Crippen LogP contribution in [0.4, 0.5) is 0 Å². The van der Waals surface area contributed by atoms with Gasteiger partial charge in [-0.2, -0.15) is 0 Å². The van der Waals surface area contributed by atoms with E-state index in [9.17, 15) is 14.7 Å². The molecule has 0 fully saturated rings. The van der Waals surface area contributed by atoms with Crippen LogP contribution in [0.5, 0.6) is 5.75 Å². The molecule has 0 amide bonds. The van der Waals surface area contributed by atoms with Gasteiger partial charge in [-0.1, -0.05) is 32.0 Å². The second-order valence-corrected chi connectivity index (χ2v) is 5.13. The minimum atomic E-state index is -0.617. The van der Waals surface area contributed by atoms with E-state index in [0.29, 0.717) is 17.4 Å². The summed E-state index contributed by atoms with van der Waals surface area (Å²) in [5.41, 5.74) is 2.29. The summed E-state index contributed by atoms with van der Waals surface area (Å²) >= 11 is 0. The van der Waals surface area contributed by atoms with Crippen molar-refractivity contribution in [3.8, 4) is 16.9 Å². The third-order valence-electron chi connectivity index (χ3n) is 3.47. The predicted octanol–water partition coefficient (Wildman–Crippen LogP) is 3.61. The maximum Gasteiger partial charge on any atom is 0.342 e. The molecule has 4 heteroatoms. The van der Waals surface area contributed by atoms with Crippen molar-refractivity contribution in [1.29, 1.82) is 0 Å². The summed E-state index contributed by atoms with van der Waals surface area (Å²) in [4.78, 5) is 23.3. The Kier molecular flexibility index (Phi) is 4.26. The Morgan fingerprint density at radius 1 is 1.33 bits per heavy atom. The van der Waals surface area contributed by atoms with Crippen molar-refractivity contribution in [2.75, 3.05) is 6.61 Å². The number of fused-ring (bicyclic) bond motifs is 1. The number of aldehydes is 1. The van der Waals surface area contributed by atoms with Crippen molar-refractivity contribution in [1.82, 2.24) is 0 Å². The molecular weight excluding hydrogens is 268 g/mol. The fourth-order valence-corrected chi connectivity index (χ4v) is 2.36. The fraction of sp³-hybridized carbons (Fsp3) is 0.294. The number of esters is 1. The Morgan fingerprint density at radius 3 is 2.62 bits per heavy atom. The number of carbonyl (C=O) groups is 2. The van der Waals surface area contributed by atoms with Gasteiger partial charge < -0.3 is 9.84 Å². The molecule has 0 aromatic carbocycles. The first-order valence-corrected chi connectivity index (χ1v) is 6.92. The predicted molar refractivity (Wildman–Crippen MR) is 80.2 cm³/mol. The lowest BCUT2D eigenvalue weighted by molar-refractivity contribution is 0.0524. The number of hydrogen-bond acceptors (Lipinski definition) is 4. The first-order chi connectivity index (χ1) is 10.0. The molecule has 0 spiro atoms. The first kappa shape index (κ1) is 15.0. The molecular formula is C17H18O4. The van der Waals surface area contributed by atoms with Crippen LogP contribution in [0.3, 0.4) is 0 Å². The SMILES string of the molecule is CCOC(=O)c1c2cc(C(C)C)cccc-2c(C=O)c1O. The van der Waals surface area contributed by atoms with Crippen LogP contribution in [0.1, 0.15) is 53.0 Å². The zero-order chi connectivity index (χ0) is 15.6. The van der Waals surface area contributed by atoms with Crippen LogP contribution >= 0.6 is 0 Å². The van der Waals surface area contributed by atoms with E-state index in [-0.39, 0.29) is 29.4 Å². The average molecular weight is 286 g/mol. The number of rotatable bonds is 4. The van der Waals surface area contributed by atoms with E-state index in [1.807, 2.05) is 32.0 Å². The van der Waals surface area contributed by atoms with E-state index in [4.69, 9.17) is 4.74 Å². The molecule has 1 N–H and O–H groups in total. The normalized spacial score (nSPS) is 10.9. The van der Waals surface area contributed by atoms with Gasteiger partial charge in [0.2, 0.25) is 0 Å². The van der Waals surface area contributed by atoms with Crippen molar-refractivity contribution in [3.63, 3.8) is 0 Å². The molecule has 0 aromatic heterocycles. The molecule has 0 aliphatic heterocycles. The molecule has 0 saturated carbocycles. The van der Waals surface area contributed by atoms with E-state index in [1.165, 1.54) is 0 Å². The topological polar surface area (TPSA) is 63.6 Å². The second-order valence-electron chi connectivity index (χ2n) is 5.13. The maximum atomic E-state index is 12.1. The van der Waals surface area contributed by atoms with Gasteiger partial charge in [-0.3, -0.25) is 4.79 Å². The second kappa shape index (κ2) is 5.95. The van der Waals surface area contributed by atoms with E-state index in [2.05, 4.69) is 0 Å². The zero-order valence-electron chi connectivity index (χ0n) is 12.3. The smallest absolute Gasteiger partial charge is 0.342 e. The van der Waals surface area contributed by atoms with Crippen LogP contribution < -0.4 is 0 Å². The minimum Gasteiger partial charge on any atom is -0.506 e. The summed E-state index contributed by atoms with van der Waals surface area (Å²) in [6.07, 6.45) is 0.565. The Bertz CT molecular complexity index is 658. The van der Waals surface area contributed by atoms with E-state index in [1.54, 1.807) is 13.0 Å². The number of ether oxygens (including phenoxy) is 1. The lowest BCUT2D eigenvalue weighted by atomic mass is 10.0. The highest BCUT2D eigenvalue weighted by Gasteiger charge is 2.28. The summed E-state index contributed by atoms with van der Waals surface area (Å²) in [6.45, 7) is 5.97. The highest BCUT2D eigenvalue weighted by molar-refractivity contribution is 6.09. The first-order valence-electron chi connectivity index (χ1n) is 6.92. The molecule has 2 aliphatic rings. The van der Waals surface area contributed by atoms with Crippen LogP contribution in [-0.2, 0) is 4.74 Å². The van der Waals surface area contributed by atoms with Gasteiger partial charge in [0.1, 0.15) is 11.3 Å². The van der Waals surface area contributed by atoms with Crippen molar-refractivity contribution >= 4 is 12.3 Å². The highest BCUT2D eigenvalue weighted by Crippen LogP contribution is 2.41. The summed E-state index contributed by atoms with van der Waals surface area (Å²) in [7, 11) is 0. The zero-order valence-corrected chi connectivity index (χ0v) is 12.3. The summed E-state index contributed by atoms with van der Waals surface area (Å²) in [5.74, 6) is -0.666. The summed E-state index contributed by atoms with van der Waals surface area (Å²) in [6, 6.07) is 7.32. The monoisotopic (exact) mass is 286 g/mol. The molecule has 0 aromatic rings. The van der Waals surface area contributed by atoms with Crippen molar-refractivity contribution < 1.29 is 19.4 Å². The van der Waals surface area contributed by atoms with Gasteiger partial charge in [0, 0.05) is 5.56 Å². The van der Waals surface area contributed by atoms with Crippen molar-refractivity contribution in [2.24, 2.45) is 0 Å². The van der Waals surface area contributed by atoms with Crippen LogP contribution in [0.2, 0.25) is 0 Å². The quantitative estimate of drug-likeness (QED) is 0.689. The lowest BCUT2D eigenvalue weighted by Crippen LogP contribution is -2.04. The molecule has 2 aliphatic carbocycles.